The maximum atomic E-state index is 4.42. The zero-order valence-electron chi connectivity index (χ0n) is 8.35. The molecule has 0 aromatic carbocycles. The van der Waals surface area contributed by atoms with Crippen LogP contribution in [0.15, 0.2) is 0 Å². The summed E-state index contributed by atoms with van der Waals surface area (Å²) in [5.41, 5.74) is 1.23. The number of hydrogen-bond donors (Lipinski definition) is 0. The van der Waals surface area contributed by atoms with Gasteiger partial charge in [0.25, 0.3) is 0 Å². The number of rotatable bonds is 3. The zero-order chi connectivity index (χ0) is 9.14. The third-order valence-corrected chi connectivity index (χ3v) is 3.33. The molecule has 0 radical (unpaired) electrons. The fourth-order valence-corrected chi connectivity index (χ4v) is 2.32. The Kier molecular flexibility index (Phi) is 3.27. The van der Waals surface area contributed by atoms with Crippen molar-refractivity contribution in [3.63, 3.8) is 0 Å². The molecule has 1 heterocycles. The molecule has 0 bridgehead atoms. The Labute approximate surface area is 78.8 Å². The molecule has 0 fully saturated rings. The molecule has 0 aliphatic carbocycles. The van der Waals surface area contributed by atoms with Gasteiger partial charge >= 0.3 is 0 Å². The highest BCUT2D eigenvalue weighted by atomic mass is 32.1. The minimum Gasteiger partial charge on any atom is -0.247 e. The number of thiazole rings is 1. The summed E-state index contributed by atoms with van der Waals surface area (Å²) in [5, 5.41) is 1.20. The van der Waals surface area contributed by atoms with Crippen molar-refractivity contribution >= 4 is 11.3 Å². The van der Waals surface area contributed by atoms with Crippen LogP contribution in [0.5, 0.6) is 0 Å². The van der Waals surface area contributed by atoms with Gasteiger partial charge in [-0.05, 0) is 26.2 Å². The second-order valence-corrected chi connectivity index (χ2v) is 4.75. The summed E-state index contributed by atoms with van der Waals surface area (Å²) in [7, 11) is 0. The molecular weight excluding hydrogens is 166 g/mol. The SMILES string of the molecule is CCC(C)Cc1sc(C)nc1C. The van der Waals surface area contributed by atoms with Crippen LogP contribution in [0.3, 0.4) is 0 Å². The molecular formula is C10H17NS. The summed E-state index contributed by atoms with van der Waals surface area (Å²) >= 11 is 1.85. The second kappa shape index (κ2) is 4.04. The Bertz CT molecular complexity index is 252. The molecule has 1 atom stereocenters. The van der Waals surface area contributed by atoms with Gasteiger partial charge in [-0.15, -0.1) is 11.3 Å². The van der Waals surface area contributed by atoms with Gasteiger partial charge in [0.05, 0.1) is 10.7 Å². The van der Waals surface area contributed by atoms with Gasteiger partial charge in [0, 0.05) is 4.88 Å². The van der Waals surface area contributed by atoms with Crippen molar-refractivity contribution in [1.82, 2.24) is 4.98 Å². The zero-order valence-corrected chi connectivity index (χ0v) is 9.16. The molecule has 0 amide bonds. The van der Waals surface area contributed by atoms with E-state index in [4.69, 9.17) is 0 Å². The van der Waals surface area contributed by atoms with Crippen molar-refractivity contribution in [3.8, 4) is 0 Å². The summed E-state index contributed by atoms with van der Waals surface area (Å²) in [6.45, 7) is 8.74. The molecule has 1 unspecified atom stereocenters. The standard InChI is InChI=1S/C10H17NS/c1-5-7(2)6-10-8(3)11-9(4)12-10/h7H,5-6H2,1-4H3. The summed E-state index contributed by atoms with van der Waals surface area (Å²) in [6.07, 6.45) is 2.46. The van der Waals surface area contributed by atoms with Crippen molar-refractivity contribution in [2.45, 2.75) is 40.5 Å². The topological polar surface area (TPSA) is 12.9 Å². The summed E-state index contributed by atoms with van der Waals surface area (Å²) < 4.78 is 0. The lowest BCUT2D eigenvalue weighted by Gasteiger charge is -2.05. The lowest BCUT2D eigenvalue weighted by Crippen LogP contribution is -1.96. The number of aromatic nitrogens is 1. The Hall–Kier alpha value is -0.370. The average Bonchev–Trinajstić information content (AvgIpc) is 2.30. The first-order valence-corrected chi connectivity index (χ1v) is 5.38. The quantitative estimate of drug-likeness (QED) is 0.700. The van der Waals surface area contributed by atoms with E-state index in [2.05, 4.69) is 32.7 Å². The molecule has 12 heavy (non-hydrogen) atoms. The van der Waals surface area contributed by atoms with Gasteiger partial charge in [0.2, 0.25) is 0 Å². The molecule has 0 aliphatic rings. The van der Waals surface area contributed by atoms with E-state index in [0.717, 1.165) is 5.92 Å². The van der Waals surface area contributed by atoms with E-state index in [1.54, 1.807) is 0 Å². The number of aryl methyl sites for hydroxylation is 2. The highest BCUT2D eigenvalue weighted by Crippen LogP contribution is 2.21. The first kappa shape index (κ1) is 9.72. The summed E-state index contributed by atoms with van der Waals surface area (Å²) in [6, 6.07) is 0. The highest BCUT2D eigenvalue weighted by Gasteiger charge is 2.07. The smallest absolute Gasteiger partial charge is 0.0900 e. The largest absolute Gasteiger partial charge is 0.247 e. The average molecular weight is 183 g/mol. The van der Waals surface area contributed by atoms with Gasteiger partial charge in [-0.25, -0.2) is 4.98 Å². The first-order valence-electron chi connectivity index (χ1n) is 4.56. The molecule has 0 saturated heterocycles. The van der Waals surface area contributed by atoms with Crippen LogP contribution < -0.4 is 0 Å². The van der Waals surface area contributed by atoms with Crippen LogP contribution in [0.1, 0.15) is 35.8 Å². The second-order valence-electron chi connectivity index (χ2n) is 3.46. The lowest BCUT2D eigenvalue weighted by atomic mass is 10.0. The van der Waals surface area contributed by atoms with E-state index in [0.29, 0.717) is 0 Å². The van der Waals surface area contributed by atoms with Crippen LogP contribution in [-0.2, 0) is 6.42 Å². The van der Waals surface area contributed by atoms with E-state index in [1.807, 2.05) is 11.3 Å². The molecule has 0 spiro atoms. The van der Waals surface area contributed by atoms with Crippen LogP contribution in [0.25, 0.3) is 0 Å². The van der Waals surface area contributed by atoms with Crippen molar-refractivity contribution in [1.29, 1.82) is 0 Å². The van der Waals surface area contributed by atoms with Crippen LogP contribution in [-0.4, -0.2) is 4.98 Å². The monoisotopic (exact) mass is 183 g/mol. The van der Waals surface area contributed by atoms with E-state index < -0.39 is 0 Å². The minimum atomic E-state index is 0.795. The molecule has 68 valence electrons. The Balaban J connectivity index is 2.68. The molecule has 0 saturated carbocycles. The van der Waals surface area contributed by atoms with Crippen molar-refractivity contribution < 1.29 is 0 Å². The van der Waals surface area contributed by atoms with Gasteiger partial charge < -0.3 is 0 Å². The fourth-order valence-electron chi connectivity index (χ4n) is 1.22. The lowest BCUT2D eigenvalue weighted by molar-refractivity contribution is 0.563. The summed E-state index contributed by atoms with van der Waals surface area (Å²) in [5.74, 6) is 0.795. The van der Waals surface area contributed by atoms with Crippen molar-refractivity contribution in [2.24, 2.45) is 5.92 Å². The normalized spacial score (nSPS) is 13.3. The van der Waals surface area contributed by atoms with Crippen molar-refractivity contribution in [3.05, 3.63) is 15.6 Å². The van der Waals surface area contributed by atoms with E-state index >= 15 is 0 Å². The van der Waals surface area contributed by atoms with Crippen LogP contribution in [0, 0.1) is 19.8 Å². The predicted octanol–water partition coefficient (Wildman–Crippen LogP) is 3.35. The van der Waals surface area contributed by atoms with Gasteiger partial charge in [-0.3, -0.25) is 0 Å². The molecule has 1 aromatic heterocycles. The van der Waals surface area contributed by atoms with Crippen LogP contribution >= 0.6 is 11.3 Å². The Morgan fingerprint density at radius 3 is 2.50 bits per heavy atom. The van der Waals surface area contributed by atoms with Gasteiger partial charge in [-0.2, -0.15) is 0 Å². The van der Waals surface area contributed by atoms with Gasteiger partial charge in [-0.1, -0.05) is 20.3 Å². The Morgan fingerprint density at radius 1 is 1.42 bits per heavy atom. The molecule has 0 N–H and O–H groups in total. The van der Waals surface area contributed by atoms with E-state index in [-0.39, 0.29) is 0 Å². The first-order chi connectivity index (χ1) is 5.63. The van der Waals surface area contributed by atoms with Crippen LogP contribution in [0.4, 0.5) is 0 Å². The van der Waals surface area contributed by atoms with Crippen molar-refractivity contribution in [2.75, 3.05) is 0 Å². The number of hydrogen-bond acceptors (Lipinski definition) is 2. The predicted molar refractivity (Wildman–Crippen MR) is 54.7 cm³/mol. The molecule has 2 heteroatoms. The Morgan fingerprint density at radius 2 is 2.08 bits per heavy atom. The molecule has 1 rings (SSSR count). The number of nitrogens with zero attached hydrogens (tertiary/aromatic N) is 1. The maximum Gasteiger partial charge on any atom is 0.0900 e. The summed E-state index contributed by atoms with van der Waals surface area (Å²) in [4.78, 5) is 5.89. The molecule has 1 aromatic rings. The third kappa shape index (κ3) is 2.31. The van der Waals surface area contributed by atoms with Crippen LogP contribution in [0.2, 0.25) is 0 Å². The highest BCUT2D eigenvalue weighted by molar-refractivity contribution is 7.11. The molecule has 0 aliphatic heterocycles. The maximum absolute atomic E-state index is 4.42. The van der Waals surface area contributed by atoms with Gasteiger partial charge in [0.15, 0.2) is 0 Å². The van der Waals surface area contributed by atoms with E-state index in [9.17, 15) is 0 Å². The molecule has 1 nitrogen and oxygen atoms in total. The van der Waals surface area contributed by atoms with E-state index in [1.165, 1.54) is 28.4 Å². The minimum absolute atomic E-state index is 0.795. The third-order valence-electron chi connectivity index (χ3n) is 2.23. The fraction of sp³-hybridized carbons (Fsp3) is 0.700. The van der Waals surface area contributed by atoms with Gasteiger partial charge in [0.1, 0.15) is 0 Å².